The van der Waals surface area contributed by atoms with E-state index in [1.54, 1.807) is 6.07 Å². The number of ether oxygens (including phenoxy) is 3. The molecule has 0 unspecified atom stereocenters. The minimum atomic E-state index is -0.492. The Morgan fingerprint density at radius 1 is 1.28 bits per heavy atom. The third-order valence-electron chi connectivity index (χ3n) is 5.76. The summed E-state index contributed by atoms with van der Waals surface area (Å²) in [5.74, 6) is 1.11. The highest BCUT2D eigenvalue weighted by Crippen LogP contribution is 2.47. The van der Waals surface area contributed by atoms with Crippen molar-refractivity contribution in [2.24, 2.45) is 5.92 Å². The highest BCUT2D eigenvalue weighted by atomic mass is 16.6. The number of methoxy groups -OCH3 is 1. The van der Waals surface area contributed by atoms with Gasteiger partial charge in [-0.05, 0) is 43.4 Å². The van der Waals surface area contributed by atoms with Crippen LogP contribution >= 0.6 is 0 Å². The zero-order chi connectivity index (χ0) is 20.4. The number of fused-ring (bicyclic) bond motifs is 3. The summed E-state index contributed by atoms with van der Waals surface area (Å²) in [5, 5.41) is 15.6. The molecule has 29 heavy (non-hydrogen) atoms. The van der Waals surface area contributed by atoms with Crippen LogP contribution in [0.4, 0.5) is 5.69 Å². The highest BCUT2D eigenvalue weighted by molar-refractivity contribution is 5.91. The molecule has 2 heterocycles. The molecule has 2 amide bonds. The first-order valence-electron chi connectivity index (χ1n) is 10.2. The number of nitrogens with one attached hydrogen (secondary N) is 2. The van der Waals surface area contributed by atoms with Crippen molar-refractivity contribution in [2.75, 3.05) is 32.2 Å². The van der Waals surface area contributed by atoms with Gasteiger partial charge in [0, 0.05) is 30.8 Å². The number of aliphatic hydroxyl groups excluding tert-OH is 1. The Balaban J connectivity index is 1.44. The number of benzene rings is 1. The topological polar surface area (TPSA) is 106 Å². The number of carbonyl (C=O) groups is 2. The van der Waals surface area contributed by atoms with Gasteiger partial charge in [-0.25, -0.2) is 0 Å². The molecule has 3 aliphatic rings. The van der Waals surface area contributed by atoms with Gasteiger partial charge in [-0.2, -0.15) is 0 Å². The van der Waals surface area contributed by atoms with Gasteiger partial charge in [0.1, 0.15) is 24.6 Å². The lowest BCUT2D eigenvalue weighted by atomic mass is 9.84. The second-order valence-electron chi connectivity index (χ2n) is 8.09. The van der Waals surface area contributed by atoms with E-state index in [-0.39, 0.29) is 49.6 Å². The predicted molar refractivity (Wildman–Crippen MR) is 105 cm³/mol. The van der Waals surface area contributed by atoms with Crippen molar-refractivity contribution in [2.45, 2.75) is 49.9 Å². The molecule has 1 aliphatic carbocycles. The largest absolute Gasteiger partial charge is 0.487 e. The van der Waals surface area contributed by atoms with Crippen LogP contribution in [0.3, 0.4) is 0 Å². The summed E-state index contributed by atoms with van der Waals surface area (Å²) in [7, 11) is 1.47. The maximum absolute atomic E-state index is 12.3. The molecule has 0 radical (unpaired) electrons. The van der Waals surface area contributed by atoms with Crippen molar-refractivity contribution < 1.29 is 28.9 Å². The van der Waals surface area contributed by atoms with Crippen LogP contribution in [-0.4, -0.2) is 62.1 Å². The summed E-state index contributed by atoms with van der Waals surface area (Å²) in [6.07, 6.45) is 2.20. The predicted octanol–water partition coefficient (Wildman–Crippen LogP) is 1.18. The minimum absolute atomic E-state index is 0.00332. The molecule has 2 fully saturated rings. The number of hydrogen-bond donors (Lipinski definition) is 3. The quantitative estimate of drug-likeness (QED) is 0.601. The van der Waals surface area contributed by atoms with Crippen LogP contribution < -0.4 is 15.4 Å². The Morgan fingerprint density at radius 3 is 2.83 bits per heavy atom. The first-order valence-corrected chi connectivity index (χ1v) is 10.2. The average Bonchev–Trinajstić information content (AvgIpc) is 3.46. The Kier molecular flexibility index (Phi) is 6.03. The highest BCUT2D eigenvalue weighted by Gasteiger charge is 2.46. The Bertz CT molecular complexity index is 766. The Labute approximate surface area is 169 Å². The minimum Gasteiger partial charge on any atom is -0.487 e. The monoisotopic (exact) mass is 404 g/mol. The van der Waals surface area contributed by atoms with Crippen molar-refractivity contribution >= 4 is 17.5 Å². The van der Waals surface area contributed by atoms with Crippen LogP contribution in [-0.2, 0) is 19.1 Å². The fourth-order valence-electron chi connectivity index (χ4n) is 4.15. The van der Waals surface area contributed by atoms with Gasteiger partial charge < -0.3 is 30.0 Å². The smallest absolute Gasteiger partial charge is 0.250 e. The van der Waals surface area contributed by atoms with E-state index in [1.165, 1.54) is 20.0 Å². The maximum Gasteiger partial charge on any atom is 0.250 e. The fourth-order valence-corrected chi connectivity index (χ4v) is 4.15. The number of aliphatic hydroxyl groups is 1. The lowest BCUT2D eigenvalue weighted by molar-refractivity contribution is -0.142. The van der Waals surface area contributed by atoms with E-state index in [4.69, 9.17) is 14.2 Å². The van der Waals surface area contributed by atoms with Gasteiger partial charge in [0.05, 0.1) is 19.1 Å². The molecular formula is C21H28N2O6. The van der Waals surface area contributed by atoms with Gasteiger partial charge in [-0.15, -0.1) is 0 Å². The van der Waals surface area contributed by atoms with Crippen molar-refractivity contribution in [3.8, 4) is 5.75 Å². The molecule has 158 valence electrons. The van der Waals surface area contributed by atoms with E-state index < -0.39 is 6.10 Å². The second kappa shape index (κ2) is 8.69. The summed E-state index contributed by atoms with van der Waals surface area (Å²) < 4.78 is 16.9. The summed E-state index contributed by atoms with van der Waals surface area (Å²) in [4.78, 5) is 24.1. The lowest BCUT2D eigenvalue weighted by Crippen LogP contribution is -2.47. The van der Waals surface area contributed by atoms with Gasteiger partial charge in [0.2, 0.25) is 11.8 Å². The average molecular weight is 404 g/mol. The second-order valence-corrected chi connectivity index (χ2v) is 8.09. The summed E-state index contributed by atoms with van der Waals surface area (Å²) in [6.45, 7) is 0.544. The van der Waals surface area contributed by atoms with E-state index in [2.05, 4.69) is 10.6 Å². The van der Waals surface area contributed by atoms with E-state index in [0.29, 0.717) is 18.0 Å². The van der Waals surface area contributed by atoms with Gasteiger partial charge in [0.15, 0.2) is 0 Å². The summed E-state index contributed by atoms with van der Waals surface area (Å²) >= 11 is 0. The normalized spacial score (nSPS) is 27.5. The number of rotatable bonds is 8. The third kappa shape index (κ3) is 4.71. The van der Waals surface area contributed by atoms with Crippen molar-refractivity contribution in [3.05, 3.63) is 23.8 Å². The number of amides is 2. The molecular weight excluding hydrogens is 376 g/mol. The van der Waals surface area contributed by atoms with Crippen molar-refractivity contribution in [3.63, 3.8) is 0 Å². The van der Waals surface area contributed by atoms with Crippen molar-refractivity contribution in [1.82, 2.24) is 5.32 Å². The standard InChI is InChI=1S/C21H28N2O6/c1-27-11-20(26)23-13-4-5-17-15(6-13)16-7-14(28-18(10-24)21(16)29-17)8-19(25)22-9-12-2-3-12/h4-6,12,14,16,18,21,24H,2-3,7-11H2,1H3,(H,22,25)(H,23,26)/t14-,16+,18+,21-/m1/s1. The number of hydrogen-bond acceptors (Lipinski definition) is 6. The maximum atomic E-state index is 12.3. The molecule has 8 nitrogen and oxygen atoms in total. The SMILES string of the molecule is COCC(=O)Nc1ccc2c(c1)[C@@H]1C[C@H](CC(=O)NCC3CC3)O[C@@H](CO)[C@@H]1O2. The van der Waals surface area contributed by atoms with Gasteiger partial charge in [-0.1, -0.05) is 0 Å². The van der Waals surface area contributed by atoms with Crippen LogP contribution in [0.2, 0.25) is 0 Å². The van der Waals surface area contributed by atoms with Gasteiger partial charge >= 0.3 is 0 Å². The van der Waals surface area contributed by atoms with E-state index in [9.17, 15) is 14.7 Å². The molecule has 3 N–H and O–H groups in total. The number of carbonyl (C=O) groups excluding carboxylic acids is 2. The number of anilines is 1. The lowest BCUT2D eigenvalue weighted by Gasteiger charge is -2.37. The summed E-state index contributed by atoms with van der Waals surface area (Å²) in [6, 6.07) is 5.50. The molecule has 1 aromatic carbocycles. The third-order valence-corrected chi connectivity index (χ3v) is 5.76. The van der Waals surface area contributed by atoms with Crippen LogP contribution in [0.25, 0.3) is 0 Å². The van der Waals surface area contributed by atoms with E-state index in [1.807, 2.05) is 12.1 Å². The zero-order valence-electron chi connectivity index (χ0n) is 16.6. The molecule has 8 heteroatoms. The Morgan fingerprint density at radius 2 is 2.10 bits per heavy atom. The first kappa shape index (κ1) is 20.1. The molecule has 4 rings (SSSR count). The molecule has 0 spiro atoms. The Hall–Kier alpha value is -2.16. The molecule has 2 aliphatic heterocycles. The van der Waals surface area contributed by atoms with Gasteiger partial charge in [0.25, 0.3) is 0 Å². The molecule has 0 aromatic heterocycles. The van der Waals surface area contributed by atoms with Crippen LogP contribution in [0.5, 0.6) is 5.75 Å². The van der Waals surface area contributed by atoms with E-state index >= 15 is 0 Å². The molecule has 4 atom stereocenters. The first-order chi connectivity index (χ1) is 14.1. The fraction of sp³-hybridized carbons (Fsp3) is 0.619. The van der Waals surface area contributed by atoms with Crippen LogP contribution in [0.1, 0.15) is 37.2 Å². The zero-order valence-corrected chi connectivity index (χ0v) is 16.6. The molecule has 1 saturated carbocycles. The van der Waals surface area contributed by atoms with Crippen LogP contribution in [0, 0.1) is 5.92 Å². The molecule has 0 bridgehead atoms. The van der Waals surface area contributed by atoms with Gasteiger partial charge in [-0.3, -0.25) is 9.59 Å². The summed E-state index contributed by atoms with van der Waals surface area (Å²) in [5.41, 5.74) is 1.64. The molecule has 1 saturated heterocycles. The van der Waals surface area contributed by atoms with E-state index in [0.717, 1.165) is 17.9 Å². The van der Waals surface area contributed by atoms with Crippen LogP contribution in [0.15, 0.2) is 18.2 Å². The van der Waals surface area contributed by atoms with Crippen molar-refractivity contribution in [1.29, 1.82) is 0 Å². The molecule has 1 aromatic rings.